The van der Waals surface area contributed by atoms with Crippen molar-refractivity contribution in [1.82, 2.24) is 9.88 Å². The molecule has 0 unspecified atom stereocenters. The monoisotopic (exact) mass is 405 g/mol. The number of carbonyl (C=O) groups is 1. The zero-order valence-electron chi connectivity index (χ0n) is 17.6. The van der Waals surface area contributed by atoms with Crippen molar-refractivity contribution in [2.75, 3.05) is 27.2 Å². The molecule has 6 nitrogen and oxygen atoms in total. The predicted octanol–water partition coefficient (Wildman–Crippen LogP) is 4.02. The molecule has 4 rings (SSSR count). The fourth-order valence-electron chi connectivity index (χ4n) is 4.00. The third-order valence-corrected chi connectivity index (χ3v) is 5.77. The lowest BCUT2D eigenvalue weighted by atomic mass is 9.97. The smallest absolute Gasteiger partial charge is 0.199 e. The number of benzene rings is 2. The summed E-state index contributed by atoms with van der Waals surface area (Å²) in [6.45, 7) is 3.53. The fourth-order valence-corrected chi connectivity index (χ4v) is 4.00. The van der Waals surface area contributed by atoms with E-state index >= 15 is 0 Å². The first kappa shape index (κ1) is 20.2. The molecule has 6 heteroatoms. The van der Waals surface area contributed by atoms with Gasteiger partial charge in [-0.25, -0.2) is 0 Å². The molecule has 0 aliphatic carbocycles. The number of ketones is 1. The van der Waals surface area contributed by atoms with E-state index in [2.05, 4.69) is 16.9 Å². The topological polar surface area (TPSA) is 77.9 Å². The molecule has 0 radical (unpaired) electrons. The fraction of sp³-hybridized carbons (Fsp3) is 0.333. The number of nitrogens with zero attached hydrogens (tertiary/aromatic N) is 2. The molecule has 1 aromatic heterocycles. The second-order valence-electron chi connectivity index (χ2n) is 7.91. The van der Waals surface area contributed by atoms with Crippen molar-refractivity contribution in [3.05, 3.63) is 59.2 Å². The Bertz CT molecular complexity index is 1110. The minimum absolute atomic E-state index is 0.0151. The number of Topliss-reactive ketones (excluding diaryl/α,β-unsaturated/α-hetero) is 1. The summed E-state index contributed by atoms with van der Waals surface area (Å²) in [5.41, 5.74) is 3.59. The maximum Gasteiger partial charge on any atom is 0.199 e. The van der Waals surface area contributed by atoms with Crippen LogP contribution in [0.5, 0.6) is 11.6 Å². The first-order valence-electron chi connectivity index (χ1n) is 10.2. The number of aromatic hydroxyl groups is 1. The standard InChI is InChI=1S/C24H27N3O3/c1-15(28)16-7-8-21-20(14-16)22(24(29)26-21)23(17-5-4-6-19(13-17)30-3)25-18-9-11-27(2)12-10-18/h4-8,13-14,18,26,29H,9-12H2,1-3H3. The second-order valence-corrected chi connectivity index (χ2v) is 7.91. The Morgan fingerprint density at radius 2 is 1.93 bits per heavy atom. The van der Waals surface area contributed by atoms with Crippen molar-refractivity contribution in [2.45, 2.75) is 25.8 Å². The highest BCUT2D eigenvalue weighted by atomic mass is 16.5. The van der Waals surface area contributed by atoms with Crippen LogP contribution in [0.15, 0.2) is 47.5 Å². The summed E-state index contributed by atoms with van der Waals surface area (Å²) < 4.78 is 5.42. The highest BCUT2D eigenvalue weighted by molar-refractivity contribution is 6.21. The van der Waals surface area contributed by atoms with Crippen molar-refractivity contribution in [3.8, 4) is 11.6 Å². The number of hydrogen-bond acceptors (Lipinski definition) is 5. The minimum atomic E-state index is -0.0151. The van der Waals surface area contributed by atoms with E-state index in [0.29, 0.717) is 16.8 Å². The first-order chi connectivity index (χ1) is 14.5. The van der Waals surface area contributed by atoms with Gasteiger partial charge < -0.3 is 19.7 Å². The van der Waals surface area contributed by atoms with E-state index in [1.807, 2.05) is 36.4 Å². The summed E-state index contributed by atoms with van der Waals surface area (Å²) in [5, 5.41) is 11.6. The van der Waals surface area contributed by atoms with Gasteiger partial charge in [-0.1, -0.05) is 12.1 Å². The molecule has 3 aromatic rings. The molecular weight excluding hydrogens is 378 g/mol. The Labute approximate surface area is 176 Å². The van der Waals surface area contributed by atoms with Gasteiger partial charge in [-0.15, -0.1) is 0 Å². The molecule has 0 atom stereocenters. The first-order valence-corrected chi connectivity index (χ1v) is 10.2. The third-order valence-electron chi connectivity index (χ3n) is 5.77. The molecule has 1 fully saturated rings. The molecule has 30 heavy (non-hydrogen) atoms. The van der Waals surface area contributed by atoms with Gasteiger partial charge in [0, 0.05) is 22.0 Å². The zero-order valence-corrected chi connectivity index (χ0v) is 17.6. The number of H-pyrrole nitrogens is 1. The Balaban J connectivity index is 1.90. The van der Waals surface area contributed by atoms with Crippen LogP contribution in [0, 0.1) is 0 Å². The summed E-state index contributed by atoms with van der Waals surface area (Å²) in [4.78, 5) is 22.4. The molecule has 2 N–H and O–H groups in total. The Morgan fingerprint density at radius 1 is 1.17 bits per heavy atom. The number of carbonyl (C=O) groups excluding carboxylic acids is 1. The number of hydrogen-bond donors (Lipinski definition) is 2. The van der Waals surface area contributed by atoms with Gasteiger partial charge in [-0.3, -0.25) is 9.79 Å². The van der Waals surface area contributed by atoms with Crippen LogP contribution < -0.4 is 4.74 Å². The van der Waals surface area contributed by atoms with Crippen molar-refractivity contribution in [2.24, 2.45) is 4.99 Å². The van der Waals surface area contributed by atoms with Crippen LogP contribution in [0.3, 0.4) is 0 Å². The number of likely N-dealkylation sites (tertiary alicyclic amines) is 1. The number of aliphatic imine (C=N–C) groups is 1. The number of aromatic amines is 1. The highest BCUT2D eigenvalue weighted by Crippen LogP contribution is 2.32. The van der Waals surface area contributed by atoms with E-state index < -0.39 is 0 Å². The number of ether oxygens (including phenoxy) is 1. The van der Waals surface area contributed by atoms with Crippen molar-refractivity contribution in [3.63, 3.8) is 0 Å². The van der Waals surface area contributed by atoms with Crippen LogP contribution in [-0.4, -0.2) is 59.8 Å². The SMILES string of the molecule is COc1cccc(C(=NC2CCN(C)CC2)c2c(O)[nH]c3ccc(C(C)=O)cc23)c1. The molecule has 0 amide bonds. The molecule has 1 aliphatic rings. The lowest BCUT2D eigenvalue weighted by Crippen LogP contribution is -2.32. The number of fused-ring (bicyclic) bond motifs is 1. The largest absolute Gasteiger partial charge is 0.497 e. The Morgan fingerprint density at radius 3 is 2.63 bits per heavy atom. The lowest BCUT2D eigenvalue weighted by molar-refractivity contribution is 0.101. The van der Waals surface area contributed by atoms with Gasteiger partial charge in [0.1, 0.15) is 5.75 Å². The van der Waals surface area contributed by atoms with E-state index in [4.69, 9.17) is 9.73 Å². The van der Waals surface area contributed by atoms with Crippen LogP contribution in [0.4, 0.5) is 0 Å². The maximum absolute atomic E-state index is 12.0. The number of aromatic nitrogens is 1. The van der Waals surface area contributed by atoms with Crippen LogP contribution in [0.2, 0.25) is 0 Å². The summed E-state index contributed by atoms with van der Waals surface area (Å²) in [5.74, 6) is 0.770. The van der Waals surface area contributed by atoms with Crippen LogP contribution in [0.25, 0.3) is 10.9 Å². The summed E-state index contributed by atoms with van der Waals surface area (Å²) in [6.07, 6.45) is 1.93. The molecule has 2 aromatic carbocycles. The van der Waals surface area contributed by atoms with E-state index in [1.54, 1.807) is 20.1 Å². The normalized spacial score (nSPS) is 16.2. The van der Waals surface area contributed by atoms with Crippen molar-refractivity contribution < 1.29 is 14.6 Å². The predicted molar refractivity (Wildman–Crippen MR) is 119 cm³/mol. The van der Waals surface area contributed by atoms with Gasteiger partial charge in [0.15, 0.2) is 11.7 Å². The molecule has 0 spiro atoms. The molecule has 2 heterocycles. The number of nitrogens with one attached hydrogen (secondary N) is 1. The summed E-state index contributed by atoms with van der Waals surface area (Å²) in [7, 11) is 3.76. The van der Waals surface area contributed by atoms with Gasteiger partial charge in [0.05, 0.1) is 24.4 Å². The lowest BCUT2D eigenvalue weighted by Gasteiger charge is -2.27. The zero-order chi connectivity index (χ0) is 21.3. The van der Waals surface area contributed by atoms with Crippen LogP contribution >= 0.6 is 0 Å². The Kier molecular flexibility index (Phi) is 5.59. The van der Waals surface area contributed by atoms with Crippen LogP contribution in [-0.2, 0) is 0 Å². The van der Waals surface area contributed by atoms with Gasteiger partial charge in [-0.05, 0) is 70.2 Å². The van der Waals surface area contributed by atoms with Crippen LogP contribution in [0.1, 0.15) is 41.3 Å². The maximum atomic E-state index is 12.0. The molecule has 0 saturated carbocycles. The van der Waals surface area contributed by atoms with E-state index in [0.717, 1.165) is 48.1 Å². The Hall–Kier alpha value is -3.12. The van der Waals surface area contributed by atoms with E-state index in [-0.39, 0.29) is 17.7 Å². The van der Waals surface area contributed by atoms with E-state index in [1.165, 1.54) is 0 Å². The molecular formula is C24H27N3O3. The number of piperidine rings is 1. The van der Waals surface area contributed by atoms with Crippen molar-refractivity contribution in [1.29, 1.82) is 0 Å². The summed E-state index contributed by atoms with van der Waals surface area (Å²) >= 11 is 0. The van der Waals surface area contributed by atoms with Gasteiger partial charge in [0.2, 0.25) is 0 Å². The van der Waals surface area contributed by atoms with Gasteiger partial charge in [-0.2, -0.15) is 0 Å². The van der Waals surface area contributed by atoms with E-state index in [9.17, 15) is 9.90 Å². The number of rotatable bonds is 5. The second kappa shape index (κ2) is 8.32. The number of methoxy groups -OCH3 is 1. The van der Waals surface area contributed by atoms with Crippen molar-refractivity contribution >= 4 is 22.4 Å². The average Bonchev–Trinajstić information content (AvgIpc) is 3.08. The molecule has 156 valence electrons. The molecule has 1 saturated heterocycles. The highest BCUT2D eigenvalue weighted by Gasteiger charge is 2.23. The van der Waals surface area contributed by atoms with Gasteiger partial charge in [0.25, 0.3) is 0 Å². The molecule has 0 bridgehead atoms. The third kappa shape index (κ3) is 3.96. The minimum Gasteiger partial charge on any atom is -0.497 e. The average molecular weight is 405 g/mol. The summed E-state index contributed by atoms with van der Waals surface area (Å²) in [6, 6.07) is 13.3. The quantitative estimate of drug-likeness (QED) is 0.497. The molecule has 1 aliphatic heterocycles. The van der Waals surface area contributed by atoms with Gasteiger partial charge >= 0.3 is 0 Å².